The highest BCUT2D eigenvalue weighted by atomic mass is 19.4. The minimum absolute atomic E-state index is 0. The van der Waals surface area contributed by atoms with Crippen LogP contribution < -0.4 is 39.7 Å². The SMILES string of the molecule is C.CCN(CC)c1ncc(N(CCc2ccccc2)C(=O)C(F)(F)F)c(NC(Cc2ccc(OC(=O)N3CCCC3)cc2)C(=O)O)n1.CCN(CC)c1ncc(N(CCc2ccccc2)C(=O)C(F)(F)F)c(NC(Cc2ccc(OC(=O)N3CCCC3)cc2)C(=O)OC(C)(C)C)n1. The number of likely N-dealkylation sites (tertiary alicyclic amines) is 2. The van der Waals surface area contributed by atoms with Crippen molar-refractivity contribution in [1.29, 1.82) is 0 Å². The number of benzene rings is 4. The van der Waals surface area contributed by atoms with Gasteiger partial charge >= 0.3 is 48.3 Å². The Morgan fingerprint density at radius 1 is 0.526 bits per heavy atom. The predicted octanol–water partition coefficient (Wildman–Crippen LogP) is 12.2. The Bertz CT molecular complexity index is 3530. The fourth-order valence-electron chi connectivity index (χ4n) is 10.5. The smallest absolute Gasteiger partial charge is 0.471 e. The first-order valence-corrected chi connectivity index (χ1v) is 31.9. The van der Waals surface area contributed by atoms with Gasteiger partial charge in [0.2, 0.25) is 11.9 Å². The van der Waals surface area contributed by atoms with Gasteiger partial charge in [0.15, 0.2) is 11.6 Å². The van der Waals surface area contributed by atoms with E-state index in [1.807, 2.05) is 27.7 Å². The quantitative estimate of drug-likeness (QED) is 0.0337. The average Bonchev–Trinajstić information content (AvgIpc) is 1.06. The number of nitrogens with zero attached hydrogens (tertiary/aromatic N) is 10. The fraction of sp³-hybridized carbons (Fsp3) is 0.449. The van der Waals surface area contributed by atoms with Gasteiger partial charge in [-0.1, -0.05) is 92.4 Å². The van der Waals surface area contributed by atoms with E-state index in [1.54, 1.807) is 150 Å². The van der Waals surface area contributed by atoms with E-state index in [2.05, 4.69) is 30.6 Å². The summed E-state index contributed by atoms with van der Waals surface area (Å²) in [5.74, 6) is -5.59. The summed E-state index contributed by atoms with van der Waals surface area (Å²) in [6.45, 7) is 16.3. The second-order valence-electron chi connectivity index (χ2n) is 23.6. The molecule has 4 heterocycles. The van der Waals surface area contributed by atoms with Crippen molar-refractivity contribution in [3.8, 4) is 11.5 Å². The van der Waals surface area contributed by atoms with Crippen LogP contribution in [0, 0.1) is 0 Å². The van der Waals surface area contributed by atoms with Gasteiger partial charge in [0.05, 0.1) is 12.4 Å². The number of ether oxygens (including phenoxy) is 3. The lowest BCUT2D eigenvalue weighted by Crippen LogP contribution is -2.44. The van der Waals surface area contributed by atoms with Gasteiger partial charge in [-0.3, -0.25) is 19.4 Å². The molecule has 4 amide bonds. The molecular formula is C69H86F6N12O10. The first kappa shape index (κ1) is 76.3. The number of hydrogen-bond donors (Lipinski definition) is 3. The van der Waals surface area contributed by atoms with Gasteiger partial charge in [-0.2, -0.15) is 36.3 Å². The van der Waals surface area contributed by atoms with E-state index >= 15 is 0 Å². The molecular weight excluding hydrogens is 1270 g/mol. The maximum atomic E-state index is 14.1. The number of anilines is 6. The van der Waals surface area contributed by atoms with Crippen LogP contribution in [0.4, 0.5) is 70.8 Å². The van der Waals surface area contributed by atoms with Crippen LogP contribution in [0.3, 0.4) is 0 Å². The van der Waals surface area contributed by atoms with Gasteiger partial charge < -0.3 is 49.6 Å². The molecule has 2 atom stereocenters. The van der Waals surface area contributed by atoms with Crippen molar-refractivity contribution < 1.29 is 74.4 Å². The van der Waals surface area contributed by atoms with Crippen LogP contribution in [0.2, 0.25) is 0 Å². The summed E-state index contributed by atoms with van der Waals surface area (Å²) in [5.41, 5.74) is 1.19. The number of carbonyl (C=O) groups is 6. The van der Waals surface area contributed by atoms with Gasteiger partial charge in [-0.05, 0) is 134 Å². The standard InChI is InChI=1S/C36H45F3N6O5.C32H37F3N6O5.CH4/c1-6-43(7-2)33-40-24-29(45(32(47)36(37,38)39)22-19-25-13-9-8-10-14-25)30(42-33)41-28(31(46)50-35(3,4)5)23-26-15-17-27(18-16-26)49-34(48)44-20-11-12-21-44;1-3-39(4-2)30-36-21-26(41(29(44)32(33,34)35)19-16-22-10-6-5-7-11-22)27(38-30)37-25(28(42)43)20-23-12-14-24(15-13-23)46-31(45)40-17-8-9-18-40;/h8-10,13-18,24,28H,6-7,11-12,19-23H2,1-5H3,(H,40,41,42);5-7,10-15,21,25H,3-4,8-9,16-20H2,1-2H3,(H,42,43)(H,36,37,38);1H4. The monoisotopic (exact) mass is 1360 g/mol. The highest BCUT2D eigenvalue weighted by molar-refractivity contribution is 6.01. The molecule has 2 aliphatic rings. The number of amides is 4. The van der Waals surface area contributed by atoms with Crippen molar-refractivity contribution in [1.82, 2.24) is 29.7 Å². The third-order valence-electron chi connectivity index (χ3n) is 15.6. The largest absolute Gasteiger partial charge is 0.480 e. The van der Waals surface area contributed by atoms with Crippen LogP contribution in [-0.2, 0) is 49.6 Å². The van der Waals surface area contributed by atoms with Crippen LogP contribution in [0.1, 0.15) is 104 Å². The number of aromatic nitrogens is 4. The van der Waals surface area contributed by atoms with E-state index in [1.165, 1.54) is 6.20 Å². The van der Waals surface area contributed by atoms with Crippen molar-refractivity contribution in [3.05, 3.63) is 144 Å². The van der Waals surface area contributed by atoms with Crippen molar-refractivity contribution in [2.45, 2.75) is 137 Å². The Balaban J connectivity index is 0.000000304. The summed E-state index contributed by atoms with van der Waals surface area (Å²) in [7, 11) is 0. The Hall–Kier alpha value is -9.76. The Morgan fingerprint density at radius 3 is 1.21 bits per heavy atom. The molecule has 2 saturated heterocycles. The molecule has 28 heteroatoms. The fourth-order valence-corrected chi connectivity index (χ4v) is 10.5. The molecule has 0 aliphatic carbocycles. The number of esters is 1. The highest BCUT2D eigenvalue weighted by Gasteiger charge is 2.46. The molecule has 2 aromatic heterocycles. The zero-order chi connectivity index (χ0) is 69.7. The highest BCUT2D eigenvalue weighted by Crippen LogP contribution is 2.34. The van der Waals surface area contributed by atoms with Crippen molar-refractivity contribution in [2.75, 3.05) is 95.7 Å². The average molecular weight is 1360 g/mol. The van der Waals surface area contributed by atoms with E-state index in [0.29, 0.717) is 90.3 Å². The molecule has 2 fully saturated rings. The number of nitrogens with one attached hydrogen (secondary N) is 2. The van der Waals surface area contributed by atoms with Gasteiger partial charge in [0.1, 0.15) is 40.6 Å². The van der Waals surface area contributed by atoms with Crippen molar-refractivity contribution in [2.24, 2.45) is 0 Å². The second-order valence-corrected chi connectivity index (χ2v) is 23.6. The Morgan fingerprint density at radius 2 is 0.876 bits per heavy atom. The number of carboxylic acid groups (broad SMARTS) is 1. The lowest BCUT2D eigenvalue weighted by molar-refractivity contribution is -0.170. The van der Waals surface area contributed by atoms with Gasteiger partial charge in [0.25, 0.3) is 0 Å². The van der Waals surface area contributed by atoms with E-state index < -0.39 is 66.0 Å². The van der Waals surface area contributed by atoms with Crippen LogP contribution in [0.5, 0.6) is 11.5 Å². The van der Waals surface area contributed by atoms with E-state index in [4.69, 9.17) is 14.2 Å². The number of carboxylic acids is 1. The summed E-state index contributed by atoms with van der Waals surface area (Å²) < 4.78 is 100. The topological polar surface area (TPSA) is 245 Å². The number of alkyl halides is 6. The molecule has 0 saturated carbocycles. The molecule has 8 rings (SSSR count). The summed E-state index contributed by atoms with van der Waals surface area (Å²) >= 11 is 0. The first-order chi connectivity index (χ1) is 45.7. The normalized spacial score (nSPS) is 13.6. The maximum Gasteiger partial charge on any atom is 0.471 e. The molecule has 2 aliphatic heterocycles. The Kier molecular flexibility index (Phi) is 27.7. The number of carbonyl (C=O) groups excluding carboxylic acids is 5. The number of rotatable bonds is 26. The molecule has 4 aromatic carbocycles. The van der Waals surface area contributed by atoms with Crippen LogP contribution in [-0.4, -0.2) is 166 Å². The van der Waals surface area contributed by atoms with Gasteiger partial charge in [-0.15, -0.1) is 0 Å². The minimum Gasteiger partial charge on any atom is -0.480 e. The van der Waals surface area contributed by atoms with Crippen LogP contribution in [0.15, 0.2) is 122 Å². The van der Waals surface area contributed by atoms with Gasteiger partial charge in [-0.25, -0.2) is 29.1 Å². The molecule has 97 heavy (non-hydrogen) atoms. The Labute approximate surface area is 561 Å². The maximum absolute atomic E-state index is 14.1. The summed E-state index contributed by atoms with van der Waals surface area (Å²) in [6.07, 6.45) is -5.21. The molecule has 0 bridgehead atoms. The van der Waals surface area contributed by atoms with Crippen LogP contribution in [0.25, 0.3) is 0 Å². The van der Waals surface area contributed by atoms with E-state index in [-0.39, 0.29) is 81.1 Å². The zero-order valence-corrected chi connectivity index (χ0v) is 54.8. The zero-order valence-electron chi connectivity index (χ0n) is 54.8. The summed E-state index contributed by atoms with van der Waals surface area (Å²) in [4.78, 5) is 102. The molecule has 22 nitrogen and oxygen atoms in total. The molecule has 3 N–H and O–H groups in total. The summed E-state index contributed by atoms with van der Waals surface area (Å²) in [6, 6.07) is 27.9. The lowest BCUT2D eigenvalue weighted by Gasteiger charge is -2.29. The molecule has 0 radical (unpaired) electrons. The van der Waals surface area contributed by atoms with E-state index in [0.717, 1.165) is 37.4 Å². The first-order valence-electron chi connectivity index (χ1n) is 31.9. The minimum atomic E-state index is -5.21. The van der Waals surface area contributed by atoms with Gasteiger partial charge in [0, 0.05) is 78.3 Å². The van der Waals surface area contributed by atoms with Crippen LogP contribution >= 0.6 is 0 Å². The van der Waals surface area contributed by atoms with E-state index in [9.17, 15) is 60.2 Å². The molecule has 6 aromatic rings. The number of hydrogen-bond acceptors (Lipinski definition) is 17. The number of halogens is 6. The second kappa shape index (κ2) is 35.3. The third kappa shape index (κ3) is 22.4. The van der Waals surface area contributed by atoms with Crippen molar-refractivity contribution >= 4 is 70.8 Å². The molecule has 524 valence electrons. The van der Waals surface area contributed by atoms with Crippen molar-refractivity contribution in [3.63, 3.8) is 0 Å². The summed E-state index contributed by atoms with van der Waals surface area (Å²) in [5, 5.41) is 15.9. The molecule has 0 spiro atoms. The third-order valence-corrected chi connectivity index (χ3v) is 15.6. The number of aliphatic carboxylic acids is 1. The predicted molar refractivity (Wildman–Crippen MR) is 357 cm³/mol. The lowest BCUT2D eigenvalue weighted by atomic mass is 10.0. The molecule has 2 unspecified atom stereocenters.